The lowest BCUT2D eigenvalue weighted by Gasteiger charge is -2.40. The molecule has 3 N–H and O–H groups in total. The zero-order valence-corrected chi connectivity index (χ0v) is 13.0. The third-order valence-corrected chi connectivity index (χ3v) is 3.58. The zero-order valence-electron chi connectivity index (χ0n) is 13.0. The predicted molar refractivity (Wildman–Crippen MR) is 82.4 cm³/mol. The first-order valence-electron chi connectivity index (χ1n) is 7.36. The molecule has 0 radical (unpaired) electrons. The molecule has 9 nitrogen and oxygen atoms in total. The van der Waals surface area contributed by atoms with Crippen molar-refractivity contribution in [2.75, 3.05) is 19.8 Å². The van der Waals surface area contributed by atoms with Gasteiger partial charge in [-0.25, -0.2) is 0 Å². The van der Waals surface area contributed by atoms with E-state index in [1.54, 1.807) is 24.3 Å². The Labute approximate surface area is 138 Å². The minimum absolute atomic E-state index is 0.0371. The normalized spacial score (nSPS) is 16.7. The first kappa shape index (κ1) is 17.8. The summed E-state index contributed by atoms with van der Waals surface area (Å²) < 4.78 is 10.2. The fourth-order valence-corrected chi connectivity index (χ4v) is 2.41. The molecule has 1 fully saturated rings. The number of hydrogen-bond donors (Lipinski definition) is 2. The second-order valence-corrected chi connectivity index (χ2v) is 5.72. The maximum atomic E-state index is 12.3. The van der Waals surface area contributed by atoms with Gasteiger partial charge in [-0.2, -0.15) is 0 Å². The summed E-state index contributed by atoms with van der Waals surface area (Å²) in [6.07, 6.45) is -0.312. The summed E-state index contributed by atoms with van der Waals surface area (Å²) in [6, 6.07) is 7.96. The highest BCUT2D eigenvalue weighted by atomic mass is 16.6. The summed E-state index contributed by atoms with van der Waals surface area (Å²) in [5, 5.41) is 13.6. The number of ether oxygens (including phenoxy) is 2. The van der Waals surface area contributed by atoms with Crippen molar-refractivity contribution < 1.29 is 24.0 Å². The van der Waals surface area contributed by atoms with Crippen molar-refractivity contribution in [3.05, 3.63) is 46.0 Å². The van der Waals surface area contributed by atoms with E-state index in [0.717, 1.165) is 5.56 Å². The van der Waals surface area contributed by atoms with Crippen LogP contribution < -0.4 is 11.1 Å². The summed E-state index contributed by atoms with van der Waals surface area (Å²) in [4.78, 5) is 33.8. The minimum Gasteiger partial charge on any atom is -0.460 e. The van der Waals surface area contributed by atoms with Crippen molar-refractivity contribution in [1.29, 1.82) is 0 Å². The maximum absolute atomic E-state index is 12.3. The van der Waals surface area contributed by atoms with Crippen molar-refractivity contribution in [1.82, 2.24) is 5.32 Å². The van der Waals surface area contributed by atoms with Gasteiger partial charge in [-0.1, -0.05) is 30.3 Å². The molecule has 1 aromatic carbocycles. The van der Waals surface area contributed by atoms with Crippen molar-refractivity contribution in [2.24, 2.45) is 5.73 Å². The van der Waals surface area contributed by atoms with E-state index in [1.807, 2.05) is 6.07 Å². The Bertz CT molecular complexity index is 602. The number of nitrogens with two attached hydrogens (primary N) is 1. The molecule has 0 bridgehead atoms. The van der Waals surface area contributed by atoms with Crippen LogP contribution in [0.1, 0.15) is 12.0 Å². The summed E-state index contributed by atoms with van der Waals surface area (Å²) in [5.41, 5.74) is 4.96. The van der Waals surface area contributed by atoms with E-state index in [9.17, 15) is 19.7 Å². The Morgan fingerprint density at radius 2 is 2.04 bits per heavy atom. The van der Waals surface area contributed by atoms with Gasteiger partial charge in [0.1, 0.15) is 18.2 Å². The number of amides is 1. The number of nitrogens with zero attached hydrogens (tertiary/aromatic N) is 1. The van der Waals surface area contributed by atoms with E-state index in [4.69, 9.17) is 15.2 Å². The Hall–Kier alpha value is -2.52. The molecule has 1 aliphatic rings. The van der Waals surface area contributed by atoms with Crippen LogP contribution in [0.25, 0.3) is 0 Å². The van der Waals surface area contributed by atoms with Gasteiger partial charge < -0.3 is 15.2 Å². The monoisotopic (exact) mass is 337 g/mol. The number of carbonyl (C=O) groups is 2. The van der Waals surface area contributed by atoms with Gasteiger partial charge in [-0.3, -0.25) is 25.0 Å². The fourth-order valence-electron chi connectivity index (χ4n) is 2.41. The van der Waals surface area contributed by atoms with Crippen LogP contribution in [-0.2, 0) is 25.7 Å². The summed E-state index contributed by atoms with van der Waals surface area (Å²) in [5.74, 6) is -1.40. The van der Waals surface area contributed by atoms with Crippen molar-refractivity contribution in [2.45, 2.75) is 24.6 Å². The quantitative estimate of drug-likeness (QED) is 0.356. The van der Waals surface area contributed by atoms with E-state index in [2.05, 4.69) is 5.32 Å². The Morgan fingerprint density at radius 3 is 2.54 bits per heavy atom. The SMILES string of the molecule is NC(=O)C[C@H](NC1(C[N+](=O)[O-])COC1)C(=O)OCc1ccccc1. The van der Waals surface area contributed by atoms with Crippen LogP contribution >= 0.6 is 0 Å². The van der Waals surface area contributed by atoms with Gasteiger partial charge in [0.05, 0.1) is 19.6 Å². The molecular weight excluding hydrogens is 318 g/mol. The lowest BCUT2D eigenvalue weighted by atomic mass is 9.95. The average Bonchev–Trinajstić information content (AvgIpc) is 2.49. The Morgan fingerprint density at radius 1 is 1.38 bits per heavy atom. The van der Waals surface area contributed by atoms with Gasteiger partial charge in [0.25, 0.3) is 0 Å². The zero-order chi connectivity index (χ0) is 17.6. The average molecular weight is 337 g/mol. The first-order chi connectivity index (χ1) is 11.4. The van der Waals surface area contributed by atoms with Gasteiger partial charge in [-0.15, -0.1) is 0 Å². The lowest BCUT2D eigenvalue weighted by molar-refractivity contribution is -0.498. The molecule has 0 saturated carbocycles. The van der Waals surface area contributed by atoms with Crippen molar-refractivity contribution in [3.8, 4) is 0 Å². The van der Waals surface area contributed by atoms with Crippen molar-refractivity contribution >= 4 is 11.9 Å². The molecule has 130 valence electrons. The molecule has 1 heterocycles. The number of nitrogens with one attached hydrogen (secondary N) is 1. The Kier molecular flexibility index (Phi) is 5.83. The van der Waals surface area contributed by atoms with Crippen molar-refractivity contribution in [3.63, 3.8) is 0 Å². The molecule has 2 rings (SSSR count). The topological polar surface area (TPSA) is 134 Å². The number of benzene rings is 1. The van der Waals surface area contributed by atoms with Crippen LogP contribution in [0.15, 0.2) is 30.3 Å². The molecule has 0 aromatic heterocycles. The highest BCUT2D eigenvalue weighted by Gasteiger charge is 2.46. The third-order valence-electron chi connectivity index (χ3n) is 3.58. The van der Waals surface area contributed by atoms with E-state index in [-0.39, 0.29) is 26.2 Å². The smallest absolute Gasteiger partial charge is 0.324 e. The summed E-state index contributed by atoms with van der Waals surface area (Å²) in [7, 11) is 0. The van der Waals surface area contributed by atoms with Crippen LogP contribution in [0, 0.1) is 10.1 Å². The molecule has 1 atom stereocenters. The number of esters is 1. The molecule has 0 aliphatic carbocycles. The van der Waals surface area contributed by atoms with Crippen LogP contribution in [-0.4, -0.2) is 48.1 Å². The Balaban J connectivity index is 1.99. The van der Waals surface area contributed by atoms with Gasteiger partial charge in [0.15, 0.2) is 0 Å². The van der Waals surface area contributed by atoms with E-state index >= 15 is 0 Å². The van der Waals surface area contributed by atoms with Crippen LogP contribution in [0.4, 0.5) is 0 Å². The molecular formula is C15H19N3O6. The van der Waals surface area contributed by atoms with Gasteiger partial charge in [0, 0.05) is 4.92 Å². The maximum Gasteiger partial charge on any atom is 0.324 e. The van der Waals surface area contributed by atoms with E-state index < -0.39 is 34.9 Å². The molecule has 9 heteroatoms. The van der Waals surface area contributed by atoms with Crippen LogP contribution in [0.2, 0.25) is 0 Å². The summed E-state index contributed by atoms with van der Waals surface area (Å²) in [6.45, 7) is -0.228. The fraction of sp³-hybridized carbons (Fsp3) is 0.467. The minimum atomic E-state index is -1.06. The molecule has 0 spiro atoms. The largest absolute Gasteiger partial charge is 0.460 e. The predicted octanol–water partition coefficient (Wildman–Crippen LogP) is -0.391. The van der Waals surface area contributed by atoms with Crippen LogP contribution in [0.5, 0.6) is 0 Å². The molecule has 1 amide bonds. The number of nitro groups is 1. The molecule has 1 saturated heterocycles. The second-order valence-electron chi connectivity index (χ2n) is 5.72. The van der Waals surface area contributed by atoms with Gasteiger partial charge in [0.2, 0.25) is 12.5 Å². The number of carbonyl (C=O) groups excluding carboxylic acids is 2. The summed E-state index contributed by atoms with van der Waals surface area (Å²) >= 11 is 0. The van der Waals surface area contributed by atoms with E-state index in [0.29, 0.717) is 0 Å². The number of rotatable bonds is 9. The highest BCUT2D eigenvalue weighted by molar-refractivity contribution is 5.84. The first-order valence-corrected chi connectivity index (χ1v) is 7.36. The highest BCUT2D eigenvalue weighted by Crippen LogP contribution is 2.19. The van der Waals surface area contributed by atoms with Gasteiger partial charge >= 0.3 is 5.97 Å². The molecule has 1 aromatic rings. The standard InChI is InChI=1S/C15H19N3O6/c16-13(19)6-12(17-15(8-18(21)22)9-23-10-15)14(20)24-7-11-4-2-1-3-5-11/h1-5,12,17H,6-10H2,(H2,16,19)/t12-/m0/s1. The van der Waals surface area contributed by atoms with Crippen LogP contribution in [0.3, 0.4) is 0 Å². The van der Waals surface area contributed by atoms with E-state index in [1.165, 1.54) is 0 Å². The number of primary amides is 1. The third kappa shape index (κ3) is 5.00. The number of hydrogen-bond acceptors (Lipinski definition) is 7. The molecule has 0 unspecified atom stereocenters. The second kappa shape index (κ2) is 7.84. The van der Waals surface area contributed by atoms with Gasteiger partial charge in [-0.05, 0) is 5.56 Å². The lowest BCUT2D eigenvalue weighted by Crippen LogP contribution is -2.68. The molecule has 24 heavy (non-hydrogen) atoms. The molecule has 1 aliphatic heterocycles.